The molecule has 5 nitrogen and oxygen atoms in total. The predicted octanol–water partition coefficient (Wildman–Crippen LogP) is 2.34. The fraction of sp³-hybridized carbons (Fsp3) is 0.438. The van der Waals surface area contributed by atoms with Crippen LogP contribution < -0.4 is 10.1 Å². The van der Waals surface area contributed by atoms with E-state index in [-0.39, 0.29) is 6.10 Å². The number of aliphatic hydroxyl groups excluding tert-OH is 1. The van der Waals surface area contributed by atoms with Gasteiger partial charge in [-0.05, 0) is 30.7 Å². The molecule has 0 fully saturated rings. The molecule has 114 valence electrons. The van der Waals surface area contributed by atoms with E-state index in [1.807, 2.05) is 30.5 Å². The van der Waals surface area contributed by atoms with E-state index in [4.69, 9.17) is 4.74 Å². The lowest BCUT2D eigenvalue weighted by atomic mass is 10.1. The van der Waals surface area contributed by atoms with E-state index < -0.39 is 0 Å². The van der Waals surface area contributed by atoms with Crippen LogP contribution in [0, 0.1) is 0 Å². The van der Waals surface area contributed by atoms with Crippen LogP contribution in [0.3, 0.4) is 0 Å². The molecule has 1 aromatic carbocycles. The van der Waals surface area contributed by atoms with Gasteiger partial charge in [-0.25, -0.2) is 0 Å². The van der Waals surface area contributed by atoms with E-state index in [1.165, 1.54) is 0 Å². The number of aromatic nitrogens is 2. The van der Waals surface area contributed by atoms with Crippen molar-refractivity contribution in [3.63, 3.8) is 0 Å². The number of hydrogen-bond donors (Lipinski definition) is 3. The predicted molar refractivity (Wildman–Crippen MR) is 83.2 cm³/mol. The third-order valence-electron chi connectivity index (χ3n) is 3.41. The van der Waals surface area contributed by atoms with E-state index in [0.29, 0.717) is 13.1 Å². The molecule has 0 aliphatic heterocycles. The lowest BCUT2D eigenvalue weighted by Gasteiger charge is -2.11. The number of benzene rings is 1. The number of H-pyrrole nitrogens is 1. The Balaban J connectivity index is 1.97. The lowest BCUT2D eigenvalue weighted by Crippen LogP contribution is -2.26. The molecular formula is C16H23N3O2. The summed E-state index contributed by atoms with van der Waals surface area (Å²) in [5.74, 6) is 0.834. The molecule has 1 unspecified atom stereocenters. The highest BCUT2D eigenvalue weighted by Gasteiger charge is 2.08. The summed E-state index contributed by atoms with van der Waals surface area (Å²) in [6.45, 7) is 3.35. The van der Waals surface area contributed by atoms with Crippen LogP contribution in [-0.2, 0) is 6.54 Å². The summed E-state index contributed by atoms with van der Waals surface area (Å²) in [6, 6.07) is 7.86. The van der Waals surface area contributed by atoms with Crippen LogP contribution in [0.25, 0.3) is 11.3 Å². The first-order valence-electron chi connectivity index (χ1n) is 7.30. The van der Waals surface area contributed by atoms with Gasteiger partial charge < -0.3 is 15.2 Å². The molecule has 2 aromatic rings. The second-order valence-electron chi connectivity index (χ2n) is 5.07. The van der Waals surface area contributed by atoms with E-state index >= 15 is 0 Å². The number of rotatable bonds is 8. The fourth-order valence-corrected chi connectivity index (χ4v) is 2.26. The Hall–Kier alpha value is -1.85. The summed E-state index contributed by atoms with van der Waals surface area (Å²) in [4.78, 5) is 0. The molecule has 0 bridgehead atoms. The second kappa shape index (κ2) is 7.81. The molecule has 5 heteroatoms. The SMILES string of the molecule is CCCC(O)CNCc1cn[nH]c1-c1ccc(OC)cc1. The minimum Gasteiger partial charge on any atom is -0.497 e. The van der Waals surface area contributed by atoms with Crippen molar-refractivity contribution >= 4 is 0 Å². The normalized spacial score (nSPS) is 12.3. The maximum absolute atomic E-state index is 9.72. The number of nitrogens with one attached hydrogen (secondary N) is 2. The Bertz CT molecular complexity index is 537. The van der Waals surface area contributed by atoms with E-state index in [9.17, 15) is 5.11 Å². The molecule has 0 radical (unpaired) electrons. The third kappa shape index (κ3) is 4.31. The summed E-state index contributed by atoms with van der Waals surface area (Å²) in [6.07, 6.45) is 3.35. The topological polar surface area (TPSA) is 70.2 Å². The molecule has 1 heterocycles. The van der Waals surface area contributed by atoms with Gasteiger partial charge in [0.25, 0.3) is 0 Å². The molecule has 1 aromatic heterocycles. The van der Waals surface area contributed by atoms with Crippen molar-refractivity contribution in [2.75, 3.05) is 13.7 Å². The number of aliphatic hydroxyl groups is 1. The fourth-order valence-electron chi connectivity index (χ4n) is 2.26. The minimum absolute atomic E-state index is 0.286. The molecule has 0 spiro atoms. The average Bonchev–Trinajstić information content (AvgIpc) is 2.96. The van der Waals surface area contributed by atoms with E-state index in [0.717, 1.165) is 35.4 Å². The molecule has 2 rings (SSSR count). The number of ether oxygens (including phenoxy) is 1. The smallest absolute Gasteiger partial charge is 0.118 e. The van der Waals surface area contributed by atoms with Crippen LogP contribution in [0.4, 0.5) is 0 Å². The number of nitrogens with zero attached hydrogens (tertiary/aromatic N) is 1. The first kappa shape index (κ1) is 15.5. The van der Waals surface area contributed by atoms with Gasteiger partial charge >= 0.3 is 0 Å². The maximum atomic E-state index is 9.72. The van der Waals surface area contributed by atoms with Crippen molar-refractivity contribution in [2.45, 2.75) is 32.4 Å². The Morgan fingerprint density at radius 2 is 2.10 bits per heavy atom. The van der Waals surface area contributed by atoms with E-state index in [2.05, 4.69) is 22.4 Å². The van der Waals surface area contributed by atoms with Crippen molar-refractivity contribution in [1.82, 2.24) is 15.5 Å². The largest absolute Gasteiger partial charge is 0.497 e. The standard InChI is InChI=1S/C16H23N3O2/c1-3-4-14(20)11-17-9-13-10-18-19-16(13)12-5-7-15(21-2)8-6-12/h5-8,10,14,17,20H,3-4,9,11H2,1-2H3,(H,18,19). The monoisotopic (exact) mass is 289 g/mol. The first-order chi connectivity index (χ1) is 10.2. The molecule has 1 atom stereocenters. The van der Waals surface area contributed by atoms with Crippen molar-refractivity contribution in [3.8, 4) is 17.0 Å². The molecule has 21 heavy (non-hydrogen) atoms. The molecule has 0 aliphatic carbocycles. The number of aromatic amines is 1. The van der Waals surface area contributed by atoms with Gasteiger partial charge in [0.15, 0.2) is 0 Å². The lowest BCUT2D eigenvalue weighted by molar-refractivity contribution is 0.160. The molecule has 0 saturated heterocycles. The van der Waals surface area contributed by atoms with Gasteiger partial charge in [-0.1, -0.05) is 13.3 Å². The summed E-state index contributed by atoms with van der Waals surface area (Å²) < 4.78 is 5.17. The van der Waals surface area contributed by atoms with Gasteiger partial charge in [-0.15, -0.1) is 0 Å². The summed E-state index contributed by atoms with van der Waals surface area (Å²) in [5.41, 5.74) is 3.15. The van der Waals surface area contributed by atoms with Crippen LogP contribution >= 0.6 is 0 Å². The Kier molecular flexibility index (Phi) is 5.78. The van der Waals surface area contributed by atoms with Gasteiger partial charge in [0.05, 0.1) is 25.1 Å². The molecule has 3 N–H and O–H groups in total. The zero-order valence-electron chi connectivity index (χ0n) is 12.6. The number of hydrogen-bond acceptors (Lipinski definition) is 4. The van der Waals surface area contributed by atoms with Crippen molar-refractivity contribution in [2.24, 2.45) is 0 Å². The van der Waals surface area contributed by atoms with Crippen LogP contribution in [0.5, 0.6) is 5.75 Å². The minimum atomic E-state index is -0.286. The Morgan fingerprint density at radius 1 is 1.33 bits per heavy atom. The molecular weight excluding hydrogens is 266 g/mol. The Labute approximate surface area is 125 Å². The van der Waals surface area contributed by atoms with Crippen molar-refractivity contribution in [1.29, 1.82) is 0 Å². The number of methoxy groups -OCH3 is 1. The maximum Gasteiger partial charge on any atom is 0.118 e. The highest BCUT2D eigenvalue weighted by molar-refractivity contribution is 5.63. The van der Waals surface area contributed by atoms with Gasteiger partial charge in [-0.2, -0.15) is 5.10 Å². The Morgan fingerprint density at radius 3 is 2.76 bits per heavy atom. The molecule has 0 aliphatic rings. The second-order valence-corrected chi connectivity index (χ2v) is 5.07. The highest BCUT2D eigenvalue weighted by atomic mass is 16.5. The van der Waals surface area contributed by atoms with Gasteiger partial charge in [0.1, 0.15) is 5.75 Å². The quantitative estimate of drug-likeness (QED) is 0.697. The summed E-state index contributed by atoms with van der Waals surface area (Å²) >= 11 is 0. The highest BCUT2D eigenvalue weighted by Crippen LogP contribution is 2.23. The first-order valence-corrected chi connectivity index (χ1v) is 7.30. The van der Waals surface area contributed by atoms with E-state index in [1.54, 1.807) is 7.11 Å². The summed E-state index contributed by atoms with van der Waals surface area (Å²) in [5, 5.41) is 20.1. The third-order valence-corrected chi connectivity index (χ3v) is 3.41. The molecule has 0 amide bonds. The van der Waals surface area contributed by atoms with Gasteiger partial charge in [-0.3, -0.25) is 5.10 Å². The van der Waals surface area contributed by atoms with Crippen LogP contribution in [-0.4, -0.2) is 35.1 Å². The van der Waals surface area contributed by atoms with Crippen LogP contribution in [0.1, 0.15) is 25.3 Å². The zero-order chi connectivity index (χ0) is 15.1. The zero-order valence-corrected chi connectivity index (χ0v) is 12.6. The van der Waals surface area contributed by atoms with Crippen molar-refractivity contribution < 1.29 is 9.84 Å². The van der Waals surface area contributed by atoms with Gasteiger partial charge in [0.2, 0.25) is 0 Å². The summed E-state index contributed by atoms with van der Waals surface area (Å²) in [7, 11) is 1.65. The molecule has 0 saturated carbocycles. The van der Waals surface area contributed by atoms with Gasteiger partial charge in [0, 0.05) is 24.2 Å². The average molecular weight is 289 g/mol. The van der Waals surface area contributed by atoms with Crippen molar-refractivity contribution in [3.05, 3.63) is 36.0 Å². The van der Waals surface area contributed by atoms with Crippen LogP contribution in [0.15, 0.2) is 30.5 Å². The van der Waals surface area contributed by atoms with Crippen LogP contribution in [0.2, 0.25) is 0 Å².